The van der Waals surface area contributed by atoms with Crippen molar-refractivity contribution in [2.45, 2.75) is 36.0 Å². The van der Waals surface area contributed by atoms with Gasteiger partial charge in [-0.05, 0) is 50.1 Å². The lowest BCUT2D eigenvalue weighted by molar-refractivity contribution is 0.189. The summed E-state index contributed by atoms with van der Waals surface area (Å²) in [6.07, 6.45) is 0.329. The standard InChI is InChI=1S/C24H27NO6S2/c1-19-8-12-23(13-9-19)32(26,27)30-17-16-22(21-6-4-3-5-7-21)18-25-31-33(28,29)24-14-10-20(2)11-15-24/h3-15,22,25H,16-18H2,1-2H3. The second-order valence-corrected chi connectivity index (χ2v) is 10.8. The van der Waals surface area contributed by atoms with Crippen molar-refractivity contribution in [3.8, 4) is 0 Å². The lowest BCUT2D eigenvalue weighted by Gasteiger charge is -2.18. The highest BCUT2D eigenvalue weighted by atomic mass is 32.2. The van der Waals surface area contributed by atoms with Gasteiger partial charge in [-0.1, -0.05) is 65.7 Å². The van der Waals surface area contributed by atoms with E-state index >= 15 is 0 Å². The summed E-state index contributed by atoms with van der Waals surface area (Å²) in [5, 5.41) is 0. The molecule has 0 aliphatic carbocycles. The molecular formula is C24H27NO6S2. The first kappa shape index (κ1) is 25.1. The van der Waals surface area contributed by atoms with Crippen LogP contribution in [0.3, 0.4) is 0 Å². The molecule has 3 aromatic rings. The maximum absolute atomic E-state index is 12.4. The second kappa shape index (κ2) is 11.0. The van der Waals surface area contributed by atoms with Gasteiger partial charge in [-0.15, -0.1) is 0 Å². The van der Waals surface area contributed by atoms with Crippen LogP contribution >= 0.6 is 0 Å². The zero-order valence-electron chi connectivity index (χ0n) is 18.5. The first-order valence-electron chi connectivity index (χ1n) is 10.4. The SMILES string of the molecule is Cc1ccc(S(=O)(=O)OCCC(CNOS(=O)(=O)c2ccc(C)cc2)c2ccccc2)cc1. The highest BCUT2D eigenvalue weighted by Gasteiger charge is 2.20. The fourth-order valence-electron chi connectivity index (χ4n) is 3.15. The van der Waals surface area contributed by atoms with E-state index in [1.807, 2.05) is 44.2 Å². The van der Waals surface area contributed by atoms with E-state index in [0.29, 0.717) is 6.42 Å². The maximum Gasteiger partial charge on any atom is 0.312 e. The fourth-order valence-corrected chi connectivity index (χ4v) is 4.86. The predicted molar refractivity (Wildman–Crippen MR) is 126 cm³/mol. The van der Waals surface area contributed by atoms with Crippen LogP contribution in [0.5, 0.6) is 0 Å². The predicted octanol–water partition coefficient (Wildman–Crippen LogP) is 4.09. The highest BCUT2D eigenvalue weighted by molar-refractivity contribution is 7.87. The van der Waals surface area contributed by atoms with Crippen molar-refractivity contribution in [3.05, 3.63) is 95.6 Å². The molecule has 1 N–H and O–H groups in total. The summed E-state index contributed by atoms with van der Waals surface area (Å²) >= 11 is 0. The molecule has 0 bridgehead atoms. The third kappa shape index (κ3) is 7.21. The molecule has 1 atom stereocenters. The number of hydroxylamine groups is 1. The van der Waals surface area contributed by atoms with Crippen molar-refractivity contribution >= 4 is 20.2 Å². The molecule has 33 heavy (non-hydrogen) atoms. The number of nitrogens with one attached hydrogen (secondary N) is 1. The van der Waals surface area contributed by atoms with E-state index in [2.05, 4.69) is 5.48 Å². The smallest absolute Gasteiger partial charge is 0.266 e. The van der Waals surface area contributed by atoms with Gasteiger partial charge >= 0.3 is 10.1 Å². The van der Waals surface area contributed by atoms with Crippen LogP contribution in [-0.4, -0.2) is 30.0 Å². The Kier molecular flexibility index (Phi) is 8.39. The number of benzene rings is 3. The molecule has 0 saturated carbocycles. The first-order chi connectivity index (χ1) is 15.7. The Morgan fingerprint density at radius 3 is 1.79 bits per heavy atom. The summed E-state index contributed by atoms with van der Waals surface area (Å²) in [5.74, 6) is -0.243. The summed E-state index contributed by atoms with van der Waals surface area (Å²) in [5.41, 5.74) is 5.32. The van der Waals surface area contributed by atoms with E-state index < -0.39 is 20.2 Å². The third-order valence-corrected chi connectivity index (χ3v) is 7.61. The Labute approximate surface area is 195 Å². The first-order valence-corrected chi connectivity index (χ1v) is 13.2. The van der Waals surface area contributed by atoms with Gasteiger partial charge in [-0.2, -0.15) is 26.6 Å². The maximum atomic E-state index is 12.4. The van der Waals surface area contributed by atoms with Gasteiger partial charge in [-0.25, -0.2) is 0 Å². The molecular weight excluding hydrogens is 462 g/mol. The van der Waals surface area contributed by atoms with Gasteiger partial charge < -0.3 is 0 Å². The second-order valence-electron chi connectivity index (χ2n) is 7.68. The van der Waals surface area contributed by atoms with Crippen LogP contribution in [0.4, 0.5) is 0 Å². The van der Waals surface area contributed by atoms with Crippen LogP contribution in [0.1, 0.15) is 29.0 Å². The molecule has 0 heterocycles. The molecule has 0 fully saturated rings. The molecule has 7 nitrogen and oxygen atoms in total. The van der Waals surface area contributed by atoms with E-state index in [1.165, 1.54) is 24.3 Å². The summed E-state index contributed by atoms with van der Waals surface area (Å²) in [6, 6.07) is 22.1. The lowest BCUT2D eigenvalue weighted by atomic mass is 9.96. The van der Waals surface area contributed by atoms with Crippen molar-refractivity contribution < 1.29 is 25.3 Å². The van der Waals surface area contributed by atoms with Gasteiger partial charge in [0.15, 0.2) is 0 Å². The minimum Gasteiger partial charge on any atom is -0.266 e. The molecule has 0 radical (unpaired) electrons. The zero-order valence-corrected chi connectivity index (χ0v) is 20.1. The minimum absolute atomic E-state index is 0.0457. The molecule has 3 aromatic carbocycles. The van der Waals surface area contributed by atoms with Gasteiger partial charge in [-0.3, -0.25) is 4.18 Å². The normalized spacial score (nSPS) is 13.0. The van der Waals surface area contributed by atoms with Crippen LogP contribution in [0, 0.1) is 13.8 Å². The Morgan fingerprint density at radius 1 is 0.727 bits per heavy atom. The molecule has 0 saturated heterocycles. The van der Waals surface area contributed by atoms with Crippen molar-refractivity contribution in [2.75, 3.05) is 13.2 Å². The number of rotatable bonds is 11. The summed E-state index contributed by atoms with van der Waals surface area (Å²) in [6.45, 7) is 3.81. The molecule has 176 valence electrons. The Bertz CT molecular complexity index is 1160. The average molecular weight is 490 g/mol. The Balaban J connectivity index is 1.62. The van der Waals surface area contributed by atoms with E-state index in [1.54, 1.807) is 24.3 Å². The molecule has 0 aliphatic rings. The van der Waals surface area contributed by atoms with Gasteiger partial charge in [0.25, 0.3) is 10.1 Å². The van der Waals surface area contributed by atoms with Crippen molar-refractivity contribution in [2.24, 2.45) is 0 Å². The highest BCUT2D eigenvalue weighted by Crippen LogP contribution is 2.21. The largest absolute Gasteiger partial charge is 0.312 e. The molecule has 0 amide bonds. The van der Waals surface area contributed by atoms with Crippen LogP contribution in [0.25, 0.3) is 0 Å². The molecule has 0 aliphatic heterocycles. The monoisotopic (exact) mass is 489 g/mol. The van der Waals surface area contributed by atoms with Gasteiger partial charge in [0.2, 0.25) is 0 Å². The van der Waals surface area contributed by atoms with Gasteiger partial charge in [0.1, 0.15) is 0 Å². The fraction of sp³-hybridized carbons (Fsp3) is 0.250. The Morgan fingerprint density at radius 2 is 1.24 bits per heavy atom. The van der Waals surface area contributed by atoms with Crippen LogP contribution < -0.4 is 5.48 Å². The molecule has 0 aromatic heterocycles. The van der Waals surface area contributed by atoms with Crippen LogP contribution in [-0.2, 0) is 28.7 Å². The van der Waals surface area contributed by atoms with Crippen molar-refractivity contribution in [3.63, 3.8) is 0 Å². The quantitative estimate of drug-likeness (QED) is 0.320. The van der Waals surface area contributed by atoms with E-state index in [4.69, 9.17) is 8.47 Å². The minimum atomic E-state index is -3.98. The summed E-state index contributed by atoms with van der Waals surface area (Å²) < 4.78 is 59.9. The molecule has 9 heteroatoms. The molecule has 1 unspecified atom stereocenters. The molecule has 0 spiro atoms. The number of hydrogen-bond donors (Lipinski definition) is 1. The number of aryl methyl sites for hydroxylation is 2. The third-order valence-electron chi connectivity index (χ3n) is 5.09. The average Bonchev–Trinajstić information content (AvgIpc) is 2.79. The van der Waals surface area contributed by atoms with Gasteiger partial charge in [0, 0.05) is 12.5 Å². The van der Waals surface area contributed by atoms with E-state index in [0.717, 1.165) is 16.7 Å². The topological polar surface area (TPSA) is 98.8 Å². The molecule has 3 rings (SSSR count). The van der Waals surface area contributed by atoms with Crippen LogP contribution in [0.2, 0.25) is 0 Å². The van der Waals surface area contributed by atoms with Crippen LogP contribution in [0.15, 0.2) is 88.7 Å². The van der Waals surface area contributed by atoms with Crippen molar-refractivity contribution in [1.82, 2.24) is 5.48 Å². The van der Waals surface area contributed by atoms with Gasteiger partial charge in [0.05, 0.1) is 16.4 Å². The van der Waals surface area contributed by atoms with Crippen molar-refractivity contribution in [1.29, 1.82) is 0 Å². The zero-order chi connectivity index (χ0) is 23.9. The number of hydrogen-bond acceptors (Lipinski definition) is 7. The van der Waals surface area contributed by atoms with E-state index in [9.17, 15) is 16.8 Å². The Hall–Kier alpha value is -2.56. The summed E-state index contributed by atoms with van der Waals surface area (Å²) in [7, 11) is -7.86. The lowest BCUT2D eigenvalue weighted by Crippen LogP contribution is -2.26. The van der Waals surface area contributed by atoms with E-state index in [-0.39, 0.29) is 28.9 Å². The summed E-state index contributed by atoms with van der Waals surface area (Å²) in [4.78, 5) is 0.138.